The van der Waals surface area contributed by atoms with Crippen LogP contribution in [0.5, 0.6) is 0 Å². The number of likely N-dealkylation sites (tertiary alicyclic amines) is 1. The van der Waals surface area contributed by atoms with Crippen molar-refractivity contribution in [1.82, 2.24) is 4.90 Å². The lowest BCUT2D eigenvalue weighted by atomic mass is 10.2. The first-order valence-electron chi connectivity index (χ1n) is 7.72. The first kappa shape index (κ1) is 19.0. The third kappa shape index (κ3) is 6.31. The van der Waals surface area contributed by atoms with Gasteiger partial charge in [-0.15, -0.1) is 0 Å². The van der Waals surface area contributed by atoms with Gasteiger partial charge in [0.15, 0.2) is 0 Å². The summed E-state index contributed by atoms with van der Waals surface area (Å²) in [5, 5.41) is 9.99. The summed E-state index contributed by atoms with van der Waals surface area (Å²) in [6.07, 6.45) is 2.84. The summed E-state index contributed by atoms with van der Waals surface area (Å²) in [5.74, 6) is 0. The minimum atomic E-state index is -2.48. The van der Waals surface area contributed by atoms with Crippen molar-refractivity contribution in [3.8, 4) is 0 Å². The van der Waals surface area contributed by atoms with Crippen molar-refractivity contribution >= 4 is 8.80 Å². The molecule has 1 aliphatic heterocycles. The summed E-state index contributed by atoms with van der Waals surface area (Å²) < 4.78 is 21.6. The molecule has 1 saturated heterocycles. The van der Waals surface area contributed by atoms with Crippen LogP contribution in [0.1, 0.15) is 26.2 Å². The van der Waals surface area contributed by atoms with E-state index in [0.717, 1.165) is 19.0 Å². The van der Waals surface area contributed by atoms with Crippen LogP contribution in [0.4, 0.5) is 0 Å². The predicted octanol–water partition coefficient (Wildman–Crippen LogP) is 1.12. The van der Waals surface area contributed by atoms with Gasteiger partial charge in [0.2, 0.25) is 0 Å². The van der Waals surface area contributed by atoms with Gasteiger partial charge in [0.25, 0.3) is 0 Å². The van der Waals surface area contributed by atoms with Crippen LogP contribution in [-0.2, 0) is 18.0 Å². The lowest BCUT2D eigenvalue weighted by Gasteiger charge is -2.25. The molecule has 21 heavy (non-hydrogen) atoms. The molecule has 0 aliphatic carbocycles. The van der Waals surface area contributed by atoms with Gasteiger partial charge in [0.05, 0.1) is 12.7 Å². The Morgan fingerprint density at radius 3 is 2.43 bits per heavy atom. The number of nitrogens with zero attached hydrogens (tertiary/aromatic N) is 1. The molecule has 0 spiro atoms. The summed E-state index contributed by atoms with van der Waals surface area (Å²) in [4.78, 5) is 2.33. The van der Waals surface area contributed by atoms with Crippen LogP contribution >= 0.6 is 0 Å². The maximum Gasteiger partial charge on any atom is 0.500 e. The molecule has 0 radical (unpaired) electrons. The molecule has 0 aromatic carbocycles. The Kier molecular flexibility index (Phi) is 8.96. The van der Waals surface area contributed by atoms with Crippen molar-refractivity contribution in [3.05, 3.63) is 0 Å². The normalized spacial score (nSPS) is 21.9. The molecule has 0 aromatic heterocycles. The lowest BCUT2D eigenvalue weighted by Crippen LogP contribution is -2.42. The molecule has 0 aromatic rings. The summed E-state index contributed by atoms with van der Waals surface area (Å²) in [6, 6.07) is 1.30. The quantitative estimate of drug-likeness (QED) is 0.454. The highest BCUT2D eigenvalue weighted by atomic mass is 28.4. The standard InChI is InChI=1S/C14H31NO5Si/c1-13-7-5-8-15(13)11-14(16)12-20-9-6-10-21(17-2,18-3)19-4/h13-14,16H,5-12H2,1-4H3/t13-,14?/m1/s1. The van der Waals surface area contributed by atoms with Gasteiger partial charge in [-0.25, -0.2) is 0 Å². The molecular formula is C14H31NO5Si. The second kappa shape index (κ2) is 9.89. The zero-order valence-corrected chi connectivity index (χ0v) is 14.8. The van der Waals surface area contributed by atoms with Crippen LogP contribution in [-0.4, -0.2) is 78.6 Å². The topological polar surface area (TPSA) is 60.4 Å². The molecule has 2 atom stereocenters. The average molecular weight is 321 g/mol. The Labute approximate surface area is 129 Å². The maximum absolute atomic E-state index is 9.99. The van der Waals surface area contributed by atoms with Crippen molar-refractivity contribution in [2.75, 3.05) is 47.6 Å². The van der Waals surface area contributed by atoms with E-state index in [1.807, 2.05) is 0 Å². The van der Waals surface area contributed by atoms with Crippen LogP contribution in [0.3, 0.4) is 0 Å². The van der Waals surface area contributed by atoms with Gasteiger partial charge in [-0.2, -0.15) is 0 Å². The largest absolute Gasteiger partial charge is 0.500 e. The van der Waals surface area contributed by atoms with Crippen molar-refractivity contribution in [2.45, 2.75) is 44.4 Å². The molecule has 1 unspecified atom stereocenters. The Balaban J connectivity index is 2.10. The van der Waals surface area contributed by atoms with E-state index >= 15 is 0 Å². The van der Waals surface area contributed by atoms with E-state index < -0.39 is 14.9 Å². The summed E-state index contributed by atoms with van der Waals surface area (Å²) in [7, 11) is 2.35. The van der Waals surface area contributed by atoms with Gasteiger partial charge in [-0.05, 0) is 32.7 Å². The Bertz CT molecular complexity index is 270. The number of rotatable bonds is 11. The van der Waals surface area contributed by atoms with Crippen molar-refractivity contribution in [3.63, 3.8) is 0 Å². The lowest BCUT2D eigenvalue weighted by molar-refractivity contribution is 0.0145. The summed E-state index contributed by atoms with van der Waals surface area (Å²) in [5.41, 5.74) is 0. The molecule has 0 bridgehead atoms. The highest BCUT2D eigenvalue weighted by molar-refractivity contribution is 6.60. The number of hydrogen-bond acceptors (Lipinski definition) is 6. The van der Waals surface area contributed by atoms with Crippen LogP contribution in [0.15, 0.2) is 0 Å². The van der Waals surface area contributed by atoms with Crippen LogP contribution in [0.25, 0.3) is 0 Å². The second-order valence-corrected chi connectivity index (χ2v) is 8.70. The van der Waals surface area contributed by atoms with Crippen molar-refractivity contribution in [1.29, 1.82) is 0 Å². The SMILES string of the molecule is CO[Si](CCCOCC(O)CN1CCC[C@H]1C)(OC)OC. The van der Waals surface area contributed by atoms with Crippen LogP contribution in [0.2, 0.25) is 6.04 Å². The molecule has 1 aliphatic rings. The number of aliphatic hydroxyl groups is 1. The maximum atomic E-state index is 9.99. The predicted molar refractivity (Wildman–Crippen MR) is 83.3 cm³/mol. The molecule has 1 heterocycles. The number of ether oxygens (including phenoxy) is 1. The molecule has 1 fully saturated rings. The second-order valence-electron chi connectivity index (χ2n) is 5.61. The van der Waals surface area contributed by atoms with Gasteiger partial charge in [0.1, 0.15) is 0 Å². The van der Waals surface area contributed by atoms with E-state index in [-0.39, 0.29) is 0 Å². The molecule has 0 amide bonds. The van der Waals surface area contributed by atoms with Gasteiger partial charge in [-0.3, -0.25) is 4.90 Å². The van der Waals surface area contributed by atoms with E-state index in [0.29, 0.717) is 25.8 Å². The van der Waals surface area contributed by atoms with E-state index in [9.17, 15) is 5.11 Å². The fourth-order valence-corrected chi connectivity index (χ4v) is 4.44. The van der Waals surface area contributed by atoms with Crippen LogP contribution < -0.4 is 0 Å². The number of aliphatic hydroxyl groups excluding tert-OH is 1. The van der Waals surface area contributed by atoms with Gasteiger partial charge >= 0.3 is 8.80 Å². The molecule has 6 nitrogen and oxygen atoms in total. The van der Waals surface area contributed by atoms with Crippen molar-refractivity contribution < 1.29 is 23.1 Å². The monoisotopic (exact) mass is 321 g/mol. The van der Waals surface area contributed by atoms with E-state index in [1.54, 1.807) is 21.3 Å². The third-order valence-corrected chi connectivity index (χ3v) is 6.98. The highest BCUT2D eigenvalue weighted by Crippen LogP contribution is 2.17. The number of hydrogen-bond donors (Lipinski definition) is 1. The van der Waals surface area contributed by atoms with Crippen molar-refractivity contribution in [2.24, 2.45) is 0 Å². The smallest absolute Gasteiger partial charge is 0.389 e. The van der Waals surface area contributed by atoms with E-state index in [4.69, 9.17) is 18.0 Å². The third-order valence-electron chi connectivity index (χ3n) is 4.15. The Hall–Kier alpha value is -0.0231. The minimum absolute atomic E-state index is 0.380. The highest BCUT2D eigenvalue weighted by Gasteiger charge is 2.36. The molecule has 126 valence electrons. The first-order chi connectivity index (χ1) is 10.1. The molecule has 0 saturated carbocycles. The number of β-amino-alcohol motifs (C(OH)–C–C–N with tert-alkyl or cyclic N) is 1. The fourth-order valence-electron chi connectivity index (χ4n) is 2.75. The zero-order chi connectivity index (χ0) is 15.7. The van der Waals surface area contributed by atoms with Gasteiger partial charge in [-0.1, -0.05) is 0 Å². The molecular weight excluding hydrogens is 290 g/mol. The summed E-state index contributed by atoms with van der Waals surface area (Å²) in [6.45, 7) is 4.96. The first-order valence-corrected chi connectivity index (χ1v) is 9.65. The Morgan fingerprint density at radius 2 is 1.90 bits per heavy atom. The Morgan fingerprint density at radius 1 is 1.24 bits per heavy atom. The van der Waals surface area contributed by atoms with Crippen LogP contribution in [0, 0.1) is 0 Å². The fraction of sp³-hybridized carbons (Fsp3) is 1.00. The van der Waals surface area contributed by atoms with E-state index in [1.165, 1.54) is 12.8 Å². The van der Waals surface area contributed by atoms with Gasteiger partial charge in [0, 0.05) is 46.6 Å². The zero-order valence-electron chi connectivity index (χ0n) is 13.8. The molecule has 1 N–H and O–H groups in total. The van der Waals surface area contributed by atoms with E-state index in [2.05, 4.69) is 11.8 Å². The molecule has 1 rings (SSSR count). The summed E-state index contributed by atoms with van der Waals surface area (Å²) >= 11 is 0. The van der Waals surface area contributed by atoms with Gasteiger partial charge < -0.3 is 23.1 Å². The molecule has 7 heteroatoms. The minimum Gasteiger partial charge on any atom is -0.389 e. The average Bonchev–Trinajstić information content (AvgIpc) is 2.89.